The Morgan fingerprint density at radius 1 is 1.60 bits per heavy atom. The van der Waals surface area contributed by atoms with Gasteiger partial charge in [-0.2, -0.15) is 11.3 Å². The molecular formula is C12H21NOS. The van der Waals surface area contributed by atoms with Crippen LogP contribution in [0.5, 0.6) is 0 Å². The predicted molar refractivity (Wildman–Crippen MR) is 66.6 cm³/mol. The predicted octanol–water partition coefficient (Wildman–Crippen LogP) is 2.69. The molecule has 1 N–H and O–H groups in total. The fraction of sp³-hybridized carbons (Fsp3) is 0.667. The maximum absolute atomic E-state index is 5.63. The Balaban J connectivity index is 2.70. The van der Waals surface area contributed by atoms with Gasteiger partial charge in [0.15, 0.2) is 0 Å². The molecule has 0 spiro atoms. The molecule has 0 fully saturated rings. The van der Waals surface area contributed by atoms with Gasteiger partial charge in [0.25, 0.3) is 0 Å². The third-order valence-electron chi connectivity index (χ3n) is 3.27. The molecule has 0 saturated heterocycles. The molecule has 2 atom stereocenters. The van der Waals surface area contributed by atoms with Gasteiger partial charge in [0.05, 0.1) is 5.60 Å². The number of thiophene rings is 1. The minimum absolute atomic E-state index is 0.0866. The van der Waals surface area contributed by atoms with Crippen molar-refractivity contribution in [1.82, 2.24) is 5.32 Å². The van der Waals surface area contributed by atoms with E-state index in [4.69, 9.17) is 4.74 Å². The molecule has 1 heterocycles. The summed E-state index contributed by atoms with van der Waals surface area (Å²) in [4.78, 5) is 0. The van der Waals surface area contributed by atoms with Crippen molar-refractivity contribution in [3.63, 3.8) is 0 Å². The van der Waals surface area contributed by atoms with Gasteiger partial charge in [0.2, 0.25) is 0 Å². The summed E-state index contributed by atoms with van der Waals surface area (Å²) >= 11 is 1.75. The summed E-state index contributed by atoms with van der Waals surface area (Å²) in [5.41, 5.74) is 1.30. The molecule has 0 bridgehead atoms. The number of hydrogen-bond donors (Lipinski definition) is 1. The summed E-state index contributed by atoms with van der Waals surface area (Å²) < 4.78 is 5.63. The van der Waals surface area contributed by atoms with Gasteiger partial charge in [0, 0.05) is 13.2 Å². The number of hydrogen-bond acceptors (Lipinski definition) is 3. The monoisotopic (exact) mass is 227 g/mol. The second kappa shape index (κ2) is 5.64. The highest BCUT2D eigenvalue weighted by Crippen LogP contribution is 2.22. The fourth-order valence-electron chi connectivity index (χ4n) is 1.80. The standard InChI is InChI=1S/C12H21NOS/c1-5-12(2,14-4)11(13-3)8-10-6-7-15-9-10/h6-7,9,11,13H,5,8H2,1-4H3. The van der Waals surface area contributed by atoms with E-state index in [2.05, 4.69) is 36.0 Å². The lowest BCUT2D eigenvalue weighted by Crippen LogP contribution is -2.49. The Labute approximate surface area is 96.7 Å². The molecule has 1 aromatic heterocycles. The van der Waals surface area contributed by atoms with Gasteiger partial charge in [-0.3, -0.25) is 0 Å². The Kier molecular flexibility index (Phi) is 4.77. The molecule has 0 aliphatic rings. The summed E-state index contributed by atoms with van der Waals surface area (Å²) in [7, 11) is 3.80. The molecular weight excluding hydrogens is 206 g/mol. The van der Waals surface area contributed by atoms with E-state index < -0.39 is 0 Å². The highest BCUT2D eigenvalue weighted by molar-refractivity contribution is 7.07. The van der Waals surface area contributed by atoms with Gasteiger partial charge in [-0.1, -0.05) is 6.92 Å². The molecule has 3 heteroatoms. The molecule has 0 amide bonds. The summed E-state index contributed by atoms with van der Waals surface area (Å²) in [6.45, 7) is 4.34. The van der Waals surface area contributed by atoms with Crippen LogP contribution >= 0.6 is 11.3 Å². The van der Waals surface area contributed by atoms with E-state index in [1.165, 1.54) is 5.56 Å². The third kappa shape index (κ3) is 3.03. The van der Waals surface area contributed by atoms with Crippen LogP contribution < -0.4 is 5.32 Å². The molecule has 0 aliphatic heterocycles. The average Bonchev–Trinajstić information content (AvgIpc) is 2.77. The largest absolute Gasteiger partial charge is 0.377 e. The summed E-state index contributed by atoms with van der Waals surface area (Å²) in [5, 5.41) is 7.69. The molecule has 2 unspecified atom stereocenters. The summed E-state index contributed by atoms with van der Waals surface area (Å²) in [6, 6.07) is 2.54. The number of methoxy groups -OCH3 is 1. The van der Waals surface area contributed by atoms with Crippen LogP contribution in [0.1, 0.15) is 25.8 Å². The van der Waals surface area contributed by atoms with Crippen LogP contribution in [-0.4, -0.2) is 25.8 Å². The molecule has 86 valence electrons. The maximum atomic E-state index is 5.63. The first-order valence-electron chi connectivity index (χ1n) is 5.39. The van der Waals surface area contributed by atoms with Crippen LogP contribution in [0.25, 0.3) is 0 Å². The molecule has 1 rings (SSSR count). The van der Waals surface area contributed by atoms with Crippen molar-refractivity contribution in [2.45, 2.75) is 38.3 Å². The van der Waals surface area contributed by atoms with E-state index in [0.717, 1.165) is 12.8 Å². The van der Waals surface area contributed by atoms with Gasteiger partial charge in [-0.15, -0.1) is 0 Å². The molecule has 0 saturated carbocycles. The minimum Gasteiger partial charge on any atom is -0.377 e. The van der Waals surface area contributed by atoms with Crippen LogP contribution in [0.2, 0.25) is 0 Å². The summed E-state index contributed by atoms with van der Waals surface area (Å²) in [6.07, 6.45) is 2.04. The van der Waals surface area contributed by atoms with Crippen molar-refractivity contribution in [3.05, 3.63) is 22.4 Å². The zero-order valence-corrected chi connectivity index (χ0v) is 10.9. The first-order valence-corrected chi connectivity index (χ1v) is 6.34. The van der Waals surface area contributed by atoms with Crippen molar-refractivity contribution >= 4 is 11.3 Å². The van der Waals surface area contributed by atoms with E-state index in [1.807, 2.05) is 7.05 Å². The molecule has 15 heavy (non-hydrogen) atoms. The van der Waals surface area contributed by atoms with Crippen LogP contribution in [0, 0.1) is 0 Å². The fourth-order valence-corrected chi connectivity index (χ4v) is 2.48. The third-order valence-corrected chi connectivity index (χ3v) is 4.01. The van der Waals surface area contributed by atoms with Gasteiger partial charge < -0.3 is 10.1 Å². The second-order valence-corrected chi connectivity index (χ2v) is 4.83. The SMILES string of the molecule is CCC(C)(OC)C(Cc1ccsc1)NC. The van der Waals surface area contributed by atoms with E-state index in [-0.39, 0.29) is 5.60 Å². The van der Waals surface area contributed by atoms with E-state index in [1.54, 1.807) is 18.4 Å². The number of likely N-dealkylation sites (N-methyl/N-ethyl adjacent to an activating group) is 1. The number of ether oxygens (including phenoxy) is 1. The quantitative estimate of drug-likeness (QED) is 0.807. The lowest BCUT2D eigenvalue weighted by molar-refractivity contribution is -0.0268. The zero-order chi connectivity index (χ0) is 11.3. The lowest BCUT2D eigenvalue weighted by Gasteiger charge is -2.35. The zero-order valence-electron chi connectivity index (χ0n) is 10.0. The molecule has 0 aliphatic carbocycles. The van der Waals surface area contributed by atoms with E-state index >= 15 is 0 Å². The number of nitrogens with one attached hydrogen (secondary N) is 1. The van der Waals surface area contributed by atoms with E-state index in [9.17, 15) is 0 Å². The number of rotatable bonds is 6. The topological polar surface area (TPSA) is 21.3 Å². The van der Waals surface area contributed by atoms with E-state index in [0.29, 0.717) is 6.04 Å². The molecule has 2 nitrogen and oxygen atoms in total. The van der Waals surface area contributed by atoms with Gasteiger partial charge in [-0.05, 0) is 49.2 Å². The Morgan fingerprint density at radius 3 is 2.73 bits per heavy atom. The van der Waals surface area contributed by atoms with Crippen molar-refractivity contribution < 1.29 is 4.74 Å². The summed E-state index contributed by atoms with van der Waals surface area (Å²) in [5.74, 6) is 0. The van der Waals surface area contributed by atoms with Gasteiger partial charge in [-0.25, -0.2) is 0 Å². The normalized spacial score (nSPS) is 17.3. The van der Waals surface area contributed by atoms with Crippen molar-refractivity contribution in [1.29, 1.82) is 0 Å². The first-order chi connectivity index (χ1) is 7.16. The van der Waals surface area contributed by atoms with Crippen LogP contribution in [0.15, 0.2) is 16.8 Å². The highest BCUT2D eigenvalue weighted by Gasteiger charge is 2.31. The lowest BCUT2D eigenvalue weighted by atomic mass is 9.89. The maximum Gasteiger partial charge on any atom is 0.0803 e. The Morgan fingerprint density at radius 2 is 2.33 bits per heavy atom. The smallest absolute Gasteiger partial charge is 0.0803 e. The highest BCUT2D eigenvalue weighted by atomic mass is 32.1. The molecule has 1 aromatic rings. The van der Waals surface area contributed by atoms with Crippen molar-refractivity contribution in [2.75, 3.05) is 14.2 Å². The van der Waals surface area contributed by atoms with Gasteiger partial charge in [0.1, 0.15) is 0 Å². The molecule has 0 aromatic carbocycles. The van der Waals surface area contributed by atoms with Crippen LogP contribution in [0.4, 0.5) is 0 Å². The Bertz CT molecular complexity index is 267. The second-order valence-electron chi connectivity index (χ2n) is 4.05. The van der Waals surface area contributed by atoms with Gasteiger partial charge >= 0.3 is 0 Å². The first kappa shape index (κ1) is 12.7. The average molecular weight is 227 g/mol. The van der Waals surface area contributed by atoms with Crippen molar-refractivity contribution in [2.24, 2.45) is 0 Å². The van der Waals surface area contributed by atoms with Crippen molar-refractivity contribution in [3.8, 4) is 0 Å². The molecule has 0 radical (unpaired) electrons. The Hall–Kier alpha value is -0.380. The van der Waals surface area contributed by atoms with Crippen LogP contribution in [-0.2, 0) is 11.2 Å². The van der Waals surface area contributed by atoms with Crippen LogP contribution in [0.3, 0.4) is 0 Å². The minimum atomic E-state index is -0.0866.